The van der Waals surface area contributed by atoms with Gasteiger partial charge in [0.15, 0.2) is 5.43 Å². The van der Waals surface area contributed by atoms with E-state index < -0.39 is 0 Å². The second-order valence-corrected chi connectivity index (χ2v) is 5.01. The summed E-state index contributed by atoms with van der Waals surface area (Å²) in [5.74, 6) is 0. The molecule has 0 radical (unpaired) electrons. The number of benzene rings is 1. The van der Waals surface area contributed by atoms with Crippen molar-refractivity contribution in [3.05, 3.63) is 62.0 Å². The third kappa shape index (κ3) is 2.98. The molecule has 2 rings (SSSR count). The molecular weight excluding hydrogens is 283 g/mol. The van der Waals surface area contributed by atoms with Crippen LogP contribution in [0.2, 0.25) is 10.0 Å². The van der Waals surface area contributed by atoms with Gasteiger partial charge >= 0.3 is 0 Å². The average molecular weight is 293 g/mol. The Morgan fingerprint density at radius 2 is 1.84 bits per heavy atom. The molecule has 5 heteroatoms. The highest BCUT2D eigenvalue weighted by atomic mass is 35.5. The number of rotatable bonds is 2. The number of nitrogens with zero attached hydrogens (tertiary/aromatic N) is 2. The first-order valence-corrected chi connectivity index (χ1v) is 6.32. The van der Waals surface area contributed by atoms with E-state index in [2.05, 4.69) is 0 Å². The summed E-state index contributed by atoms with van der Waals surface area (Å²) in [6, 6.07) is 8.62. The van der Waals surface area contributed by atoms with Crippen LogP contribution in [0.25, 0.3) is 5.69 Å². The second-order valence-electron chi connectivity index (χ2n) is 4.14. The first-order chi connectivity index (χ1) is 9.01. The van der Waals surface area contributed by atoms with E-state index in [-0.39, 0.29) is 11.8 Å². The number of hydrogen-bond acceptors (Lipinski definition) is 2. The second kappa shape index (κ2) is 5.48. The summed E-state index contributed by atoms with van der Waals surface area (Å²) in [5.41, 5.74) is 1.83. The molecule has 0 aliphatic carbocycles. The van der Waals surface area contributed by atoms with Gasteiger partial charge in [0.25, 0.3) is 0 Å². The number of aryl methyl sites for hydroxylation is 1. The molecule has 0 N–H and O–H groups in total. The highest BCUT2D eigenvalue weighted by Crippen LogP contribution is 2.22. The Morgan fingerprint density at radius 3 is 2.42 bits per heavy atom. The molecule has 0 fully saturated rings. The molecule has 0 aliphatic heterocycles. The minimum Gasteiger partial charge on any atom is -0.321 e. The molecule has 96 valence electrons. The lowest BCUT2D eigenvalue weighted by molar-refractivity contribution is 0.949. The van der Waals surface area contributed by atoms with Crippen molar-refractivity contribution in [2.24, 2.45) is 0 Å². The van der Waals surface area contributed by atoms with Crippen molar-refractivity contribution in [3.63, 3.8) is 0 Å². The van der Waals surface area contributed by atoms with Crippen molar-refractivity contribution in [2.45, 2.75) is 13.3 Å². The van der Waals surface area contributed by atoms with Crippen LogP contribution in [0.5, 0.6) is 0 Å². The Morgan fingerprint density at radius 1 is 1.21 bits per heavy atom. The Hall–Kier alpha value is -1.76. The van der Waals surface area contributed by atoms with E-state index in [0.717, 1.165) is 11.4 Å². The maximum atomic E-state index is 11.7. The van der Waals surface area contributed by atoms with Gasteiger partial charge in [-0.2, -0.15) is 5.26 Å². The zero-order chi connectivity index (χ0) is 14.0. The third-order valence-corrected chi connectivity index (χ3v) is 3.15. The quantitative estimate of drug-likeness (QED) is 0.850. The Kier molecular flexibility index (Phi) is 3.94. The molecule has 0 amide bonds. The van der Waals surface area contributed by atoms with Gasteiger partial charge in [-0.25, -0.2) is 0 Å². The molecule has 3 nitrogen and oxygen atoms in total. The molecule has 0 spiro atoms. The van der Waals surface area contributed by atoms with Crippen LogP contribution in [0.4, 0.5) is 0 Å². The molecule has 2 aromatic rings. The van der Waals surface area contributed by atoms with Gasteiger partial charge in [-0.1, -0.05) is 23.2 Å². The molecule has 0 atom stereocenters. The molecule has 0 saturated heterocycles. The molecule has 0 saturated carbocycles. The van der Waals surface area contributed by atoms with Crippen molar-refractivity contribution >= 4 is 23.2 Å². The summed E-state index contributed by atoms with van der Waals surface area (Å²) >= 11 is 11.9. The van der Waals surface area contributed by atoms with Crippen LogP contribution in [0, 0.1) is 18.3 Å². The summed E-state index contributed by atoms with van der Waals surface area (Å²) in [6.45, 7) is 1.81. The lowest BCUT2D eigenvalue weighted by Gasteiger charge is -2.12. The number of pyridine rings is 1. The summed E-state index contributed by atoms with van der Waals surface area (Å²) in [7, 11) is 0. The van der Waals surface area contributed by atoms with Gasteiger partial charge in [0, 0.05) is 39.3 Å². The largest absolute Gasteiger partial charge is 0.321 e. The predicted octanol–water partition coefficient (Wildman–Crippen LogP) is 3.52. The number of aromatic nitrogens is 1. The lowest BCUT2D eigenvalue weighted by atomic mass is 10.2. The monoisotopic (exact) mass is 292 g/mol. The van der Waals surface area contributed by atoms with E-state index in [9.17, 15) is 4.79 Å². The van der Waals surface area contributed by atoms with E-state index in [1.807, 2.05) is 13.0 Å². The normalized spacial score (nSPS) is 10.2. The molecule has 0 aliphatic rings. The molecule has 19 heavy (non-hydrogen) atoms. The van der Waals surface area contributed by atoms with Crippen LogP contribution in [-0.2, 0) is 6.42 Å². The van der Waals surface area contributed by atoms with Gasteiger partial charge in [0.1, 0.15) is 0 Å². The lowest BCUT2D eigenvalue weighted by Crippen LogP contribution is -2.13. The first-order valence-electron chi connectivity index (χ1n) is 5.57. The van der Waals surface area contributed by atoms with Crippen molar-refractivity contribution in [1.82, 2.24) is 4.57 Å². The van der Waals surface area contributed by atoms with Gasteiger partial charge in [-0.05, 0) is 25.1 Å². The predicted molar refractivity (Wildman–Crippen MR) is 76.1 cm³/mol. The molecule has 1 aromatic heterocycles. The topological polar surface area (TPSA) is 45.8 Å². The summed E-state index contributed by atoms with van der Waals surface area (Å²) in [5, 5.41) is 9.76. The standard InChI is InChI=1S/C14H10Cl2N2O/c1-9-4-14(19)10(2-3-17)8-18(9)13-6-11(15)5-12(16)7-13/h4-8H,2H2,1H3. The van der Waals surface area contributed by atoms with Gasteiger partial charge in [-0.3, -0.25) is 4.79 Å². The van der Waals surface area contributed by atoms with E-state index >= 15 is 0 Å². The maximum Gasteiger partial charge on any atom is 0.186 e. The molecule has 1 heterocycles. The molecular formula is C14H10Cl2N2O. The van der Waals surface area contributed by atoms with E-state index in [4.69, 9.17) is 28.5 Å². The third-order valence-electron chi connectivity index (χ3n) is 2.72. The molecule has 1 aromatic carbocycles. The van der Waals surface area contributed by atoms with Crippen LogP contribution >= 0.6 is 23.2 Å². The van der Waals surface area contributed by atoms with Crippen molar-refractivity contribution < 1.29 is 0 Å². The number of nitriles is 1. The fraction of sp³-hybridized carbons (Fsp3) is 0.143. The fourth-order valence-corrected chi connectivity index (χ4v) is 2.36. The SMILES string of the molecule is Cc1cc(=O)c(CC#N)cn1-c1cc(Cl)cc(Cl)c1. The highest BCUT2D eigenvalue weighted by Gasteiger charge is 2.07. The van der Waals surface area contributed by atoms with Crippen molar-refractivity contribution in [2.75, 3.05) is 0 Å². The van der Waals surface area contributed by atoms with Crippen molar-refractivity contribution in [1.29, 1.82) is 5.26 Å². The van der Waals surface area contributed by atoms with Gasteiger partial charge in [0.2, 0.25) is 0 Å². The molecule has 0 unspecified atom stereocenters. The molecule has 0 bridgehead atoms. The van der Waals surface area contributed by atoms with Crippen LogP contribution in [0.3, 0.4) is 0 Å². The maximum absolute atomic E-state index is 11.7. The van der Waals surface area contributed by atoms with E-state index in [1.54, 1.807) is 29.0 Å². The zero-order valence-corrected chi connectivity index (χ0v) is 11.7. The highest BCUT2D eigenvalue weighted by molar-refractivity contribution is 6.34. The Balaban J connectivity index is 2.65. The summed E-state index contributed by atoms with van der Waals surface area (Å²) < 4.78 is 1.80. The van der Waals surface area contributed by atoms with Crippen LogP contribution in [-0.4, -0.2) is 4.57 Å². The zero-order valence-electron chi connectivity index (χ0n) is 10.2. The Bertz CT molecular complexity index is 709. The average Bonchev–Trinajstić information content (AvgIpc) is 2.31. The Labute approximate surface area is 120 Å². The summed E-state index contributed by atoms with van der Waals surface area (Å²) in [4.78, 5) is 11.7. The smallest absolute Gasteiger partial charge is 0.186 e. The number of hydrogen-bond donors (Lipinski definition) is 0. The van der Waals surface area contributed by atoms with Crippen LogP contribution in [0.15, 0.2) is 35.3 Å². The van der Waals surface area contributed by atoms with Crippen LogP contribution < -0.4 is 5.43 Å². The minimum absolute atomic E-state index is 0.0768. The fourth-order valence-electron chi connectivity index (χ4n) is 1.85. The first kappa shape index (κ1) is 13.7. The van der Waals surface area contributed by atoms with Gasteiger partial charge in [0.05, 0.1) is 12.5 Å². The van der Waals surface area contributed by atoms with Gasteiger partial charge < -0.3 is 4.57 Å². The van der Waals surface area contributed by atoms with Crippen LogP contribution in [0.1, 0.15) is 11.3 Å². The van der Waals surface area contributed by atoms with Gasteiger partial charge in [-0.15, -0.1) is 0 Å². The number of halogens is 2. The van der Waals surface area contributed by atoms with Crippen molar-refractivity contribution in [3.8, 4) is 11.8 Å². The minimum atomic E-state index is -0.136. The summed E-state index contributed by atoms with van der Waals surface area (Å²) in [6.07, 6.45) is 1.73. The van der Waals surface area contributed by atoms with E-state index in [1.165, 1.54) is 6.07 Å². The van der Waals surface area contributed by atoms with E-state index in [0.29, 0.717) is 15.6 Å².